The molecule has 1 aliphatic rings. The summed E-state index contributed by atoms with van der Waals surface area (Å²) < 4.78 is 10.7. The van der Waals surface area contributed by atoms with Crippen LogP contribution in [0.4, 0.5) is 0 Å². The Balaban J connectivity index is 1.61. The van der Waals surface area contributed by atoms with Crippen molar-refractivity contribution in [3.8, 4) is 16.3 Å². The summed E-state index contributed by atoms with van der Waals surface area (Å²) in [5.74, 6) is 0.847. The van der Waals surface area contributed by atoms with Crippen LogP contribution in [0.1, 0.15) is 23.4 Å². The minimum Gasteiger partial charge on any atom is -0.497 e. The zero-order valence-electron chi connectivity index (χ0n) is 14.0. The van der Waals surface area contributed by atoms with Crippen LogP contribution < -0.4 is 10.1 Å². The number of hydrogen-bond donors (Lipinski definition) is 1. The molecule has 1 N–H and O–H groups in total. The zero-order valence-corrected chi connectivity index (χ0v) is 14.8. The molecule has 0 bridgehead atoms. The van der Waals surface area contributed by atoms with Crippen molar-refractivity contribution in [3.63, 3.8) is 0 Å². The number of nitrogens with one attached hydrogen (secondary N) is 1. The van der Waals surface area contributed by atoms with Gasteiger partial charge in [-0.2, -0.15) is 0 Å². The van der Waals surface area contributed by atoms with Gasteiger partial charge in [-0.15, -0.1) is 11.3 Å². The van der Waals surface area contributed by atoms with E-state index in [0.717, 1.165) is 46.3 Å². The normalized spacial score (nSPS) is 17.0. The Labute approximate surface area is 146 Å². The molecule has 2 aromatic rings. The summed E-state index contributed by atoms with van der Waals surface area (Å²) >= 11 is 1.57. The molecule has 128 valence electrons. The van der Waals surface area contributed by atoms with E-state index < -0.39 is 0 Å². The van der Waals surface area contributed by atoms with E-state index in [1.807, 2.05) is 31.2 Å². The molecule has 0 radical (unpaired) electrons. The van der Waals surface area contributed by atoms with Crippen molar-refractivity contribution < 1.29 is 14.3 Å². The van der Waals surface area contributed by atoms with Gasteiger partial charge >= 0.3 is 0 Å². The fraction of sp³-hybridized carbons (Fsp3) is 0.444. The Hall–Kier alpha value is -1.92. The Morgan fingerprint density at radius 2 is 2.21 bits per heavy atom. The second-order valence-corrected chi connectivity index (χ2v) is 6.96. The third-order valence-corrected chi connectivity index (χ3v) is 5.31. The fourth-order valence-corrected chi connectivity index (χ4v) is 3.76. The Bertz CT molecular complexity index is 691. The molecule has 0 aliphatic carbocycles. The number of carbonyl (C=O) groups is 1. The molecular weight excluding hydrogens is 324 g/mol. The van der Waals surface area contributed by atoms with Crippen LogP contribution in [-0.4, -0.2) is 37.3 Å². The average Bonchev–Trinajstić information content (AvgIpc) is 3.23. The summed E-state index contributed by atoms with van der Waals surface area (Å²) in [5, 5.41) is 3.89. The SMILES string of the molecule is COc1ccc(-c2nc(C)c(CC(=O)NCC3CCCO3)s2)cc1. The van der Waals surface area contributed by atoms with E-state index in [-0.39, 0.29) is 12.0 Å². The van der Waals surface area contributed by atoms with Gasteiger partial charge in [0.25, 0.3) is 0 Å². The van der Waals surface area contributed by atoms with E-state index in [4.69, 9.17) is 9.47 Å². The van der Waals surface area contributed by atoms with Crippen molar-refractivity contribution in [1.82, 2.24) is 10.3 Å². The summed E-state index contributed by atoms with van der Waals surface area (Å²) in [6.45, 7) is 3.36. The predicted molar refractivity (Wildman–Crippen MR) is 94.5 cm³/mol. The first-order valence-corrected chi connectivity index (χ1v) is 8.96. The lowest BCUT2D eigenvalue weighted by Crippen LogP contribution is -2.32. The van der Waals surface area contributed by atoms with Gasteiger partial charge in [0, 0.05) is 23.6 Å². The van der Waals surface area contributed by atoms with Gasteiger partial charge in [-0.05, 0) is 44.0 Å². The van der Waals surface area contributed by atoms with Crippen molar-refractivity contribution in [2.75, 3.05) is 20.3 Å². The maximum Gasteiger partial charge on any atom is 0.225 e. The van der Waals surface area contributed by atoms with E-state index in [9.17, 15) is 4.79 Å². The third kappa shape index (κ3) is 4.13. The maximum absolute atomic E-state index is 12.1. The van der Waals surface area contributed by atoms with Crippen molar-refractivity contribution in [2.45, 2.75) is 32.3 Å². The van der Waals surface area contributed by atoms with Crippen molar-refractivity contribution in [1.29, 1.82) is 0 Å². The largest absolute Gasteiger partial charge is 0.497 e. The fourth-order valence-electron chi connectivity index (χ4n) is 2.69. The summed E-state index contributed by atoms with van der Waals surface area (Å²) in [6, 6.07) is 7.80. The number of rotatable bonds is 6. The molecule has 1 atom stereocenters. The quantitative estimate of drug-likeness (QED) is 0.873. The molecule has 1 aromatic heterocycles. The van der Waals surface area contributed by atoms with Gasteiger partial charge in [-0.25, -0.2) is 4.98 Å². The van der Waals surface area contributed by atoms with Gasteiger partial charge in [0.1, 0.15) is 10.8 Å². The van der Waals surface area contributed by atoms with E-state index in [1.54, 1.807) is 18.4 Å². The Kier molecular flexibility index (Phi) is 5.48. The van der Waals surface area contributed by atoms with E-state index in [2.05, 4.69) is 10.3 Å². The van der Waals surface area contributed by atoms with Crippen LogP contribution in [0.25, 0.3) is 10.6 Å². The third-order valence-electron chi connectivity index (χ3n) is 4.10. The lowest BCUT2D eigenvalue weighted by atomic mass is 10.2. The predicted octanol–water partition coefficient (Wildman–Crippen LogP) is 2.96. The molecule has 1 saturated heterocycles. The van der Waals surface area contributed by atoms with Crippen molar-refractivity contribution >= 4 is 17.2 Å². The highest BCUT2D eigenvalue weighted by Gasteiger charge is 2.17. The number of thiazole rings is 1. The van der Waals surface area contributed by atoms with Gasteiger partial charge in [-0.3, -0.25) is 4.79 Å². The smallest absolute Gasteiger partial charge is 0.225 e. The molecule has 1 aromatic carbocycles. The van der Waals surface area contributed by atoms with E-state index in [1.165, 1.54) is 0 Å². The topological polar surface area (TPSA) is 60.5 Å². The molecule has 0 saturated carbocycles. The molecule has 1 unspecified atom stereocenters. The number of aryl methyl sites for hydroxylation is 1. The number of benzene rings is 1. The maximum atomic E-state index is 12.1. The van der Waals surface area contributed by atoms with Crippen LogP contribution in [-0.2, 0) is 16.0 Å². The molecule has 1 fully saturated rings. The average molecular weight is 346 g/mol. The molecule has 2 heterocycles. The molecule has 1 amide bonds. The highest BCUT2D eigenvalue weighted by Crippen LogP contribution is 2.29. The van der Waals surface area contributed by atoms with Gasteiger partial charge < -0.3 is 14.8 Å². The molecule has 5 nitrogen and oxygen atoms in total. The molecule has 1 aliphatic heterocycles. The number of aromatic nitrogens is 1. The minimum absolute atomic E-state index is 0.0264. The first kappa shape index (κ1) is 16.9. The molecular formula is C18H22N2O3S. The van der Waals surface area contributed by atoms with Gasteiger partial charge in [0.15, 0.2) is 0 Å². The van der Waals surface area contributed by atoms with Gasteiger partial charge in [0.05, 0.1) is 25.3 Å². The first-order chi connectivity index (χ1) is 11.7. The number of nitrogens with zero attached hydrogens (tertiary/aromatic N) is 1. The lowest BCUT2D eigenvalue weighted by Gasteiger charge is -2.10. The number of methoxy groups -OCH3 is 1. The van der Waals surface area contributed by atoms with Crippen LogP contribution in [0.5, 0.6) is 5.75 Å². The molecule has 24 heavy (non-hydrogen) atoms. The van der Waals surface area contributed by atoms with Gasteiger partial charge in [-0.1, -0.05) is 0 Å². The number of carbonyl (C=O) groups excluding carboxylic acids is 1. The zero-order chi connectivity index (χ0) is 16.9. The van der Waals surface area contributed by atoms with E-state index >= 15 is 0 Å². The second kappa shape index (κ2) is 7.77. The highest BCUT2D eigenvalue weighted by molar-refractivity contribution is 7.15. The standard InChI is InChI=1S/C18H22N2O3S/c1-12-16(10-17(21)19-11-15-4-3-9-23-15)24-18(20-12)13-5-7-14(22-2)8-6-13/h5-8,15H,3-4,9-11H2,1-2H3,(H,19,21). The van der Waals surface area contributed by atoms with Crippen LogP contribution in [0.3, 0.4) is 0 Å². The summed E-state index contributed by atoms with van der Waals surface area (Å²) in [7, 11) is 1.65. The Morgan fingerprint density at radius 1 is 1.42 bits per heavy atom. The molecule has 3 rings (SSSR count). The van der Waals surface area contributed by atoms with Crippen LogP contribution in [0.15, 0.2) is 24.3 Å². The number of ether oxygens (including phenoxy) is 2. The van der Waals surface area contributed by atoms with Crippen molar-refractivity contribution in [2.24, 2.45) is 0 Å². The summed E-state index contributed by atoms with van der Waals surface area (Å²) in [5.41, 5.74) is 1.95. The number of amides is 1. The van der Waals surface area contributed by atoms with Gasteiger partial charge in [0.2, 0.25) is 5.91 Å². The Morgan fingerprint density at radius 3 is 2.88 bits per heavy atom. The van der Waals surface area contributed by atoms with E-state index in [0.29, 0.717) is 13.0 Å². The minimum atomic E-state index is 0.0264. The monoisotopic (exact) mass is 346 g/mol. The van der Waals surface area contributed by atoms with Crippen LogP contribution >= 0.6 is 11.3 Å². The first-order valence-electron chi connectivity index (χ1n) is 8.14. The summed E-state index contributed by atoms with van der Waals surface area (Å²) in [6.07, 6.45) is 2.65. The summed E-state index contributed by atoms with van der Waals surface area (Å²) in [4.78, 5) is 17.8. The second-order valence-electron chi connectivity index (χ2n) is 5.87. The highest BCUT2D eigenvalue weighted by atomic mass is 32.1. The van der Waals surface area contributed by atoms with Crippen LogP contribution in [0, 0.1) is 6.92 Å². The van der Waals surface area contributed by atoms with Crippen molar-refractivity contribution in [3.05, 3.63) is 34.8 Å². The molecule has 0 spiro atoms. The molecule has 6 heteroatoms. The lowest BCUT2D eigenvalue weighted by molar-refractivity contribution is -0.120. The number of hydrogen-bond acceptors (Lipinski definition) is 5. The van der Waals surface area contributed by atoms with Crippen LogP contribution in [0.2, 0.25) is 0 Å².